The zero-order chi connectivity index (χ0) is 15.5. The molecule has 0 atom stereocenters. The lowest BCUT2D eigenvalue weighted by Gasteiger charge is -2.05. The highest BCUT2D eigenvalue weighted by Gasteiger charge is 2.36. The van der Waals surface area contributed by atoms with Gasteiger partial charge in [-0.05, 0) is 24.3 Å². The van der Waals surface area contributed by atoms with Gasteiger partial charge in [0.15, 0.2) is 6.61 Å². The minimum absolute atomic E-state index is 0.223. The quantitative estimate of drug-likeness (QED) is 0.930. The minimum Gasteiger partial charge on any atom is -0.459 e. The first-order valence-corrected chi connectivity index (χ1v) is 6.63. The molecule has 0 saturated carbocycles. The summed E-state index contributed by atoms with van der Waals surface area (Å²) in [5.74, 6) is -0.541. The fourth-order valence-electron chi connectivity index (χ4n) is 1.24. The van der Waals surface area contributed by atoms with Crippen LogP contribution in [-0.2, 0) is 11.0 Å². The third-order valence-electron chi connectivity index (χ3n) is 2.10. The molecule has 2 aromatic rings. The Hall–Kier alpha value is -1.87. The van der Waals surface area contributed by atoms with Crippen LogP contribution < -0.4 is 10.1 Å². The maximum atomic E-state index is 12.3. The molecule has 1 aromatic carbocycles. The topological polar surface area (TPSA) is 64.1 Å². The number of amides is 1. The molecule has 0 aliphatic heterocycles. The number of halogens is 4. The number of aromatic nitrogens is 2. The van der Waals surface area contributed by atoms with E-state index < -0.39 is 23.7 Å². The molecule has 1 aromatic heterocycles. The summed E-state index contributed by atoms with van der Waals surface area (Å²) in [5.41, 5.74) is 0.487. The molecule has 0 unspecified atom stereocenters. The van der Waals surface area contributed by atoms with Crippen LogP contribution in [0, 0.1) is 0 Å². The number of carbonyl (C=O) groups excluding carboxylic acids is 1. The molecule has 5 nitrogen and oxygen atoms in total. The Morgan fingerprint density at radius 2 is 1.95 bits per heavy atom. The fraction of sp³-hybridized carbons (Fsp3) is 0.182. The average Bonchev–Trinajstić information content (AvgIpc) is 2.88. The fourth-order valence-corrected chi connectivity index (χ4v) is 1.93. The molecule has 10 heteroatoms. The molecule has 0 saturated heterocycles. The monoisotopic (exact) mass is 337 g/mol. The van der Waals surface area contributed by atoms with Gasteiger partial charge in [-0.2, -0.15) is 13.2 Å². The number of hydrogen-bond acceptors (Lipinski definition) is 5. The summed E-state index contributed by atoms with van der Waals surface area (Å²) >= 11 is 5.91. The van der Waals surface area contributed by atoms with Crippen LogP contribution in [0.2, 0.25) is 5.02 Å². The molecule has 1 N–H and O–H groups in total. The summed E-state index contributed by atoms with van der Waals surface area (Å²) in [5, 5.41) is 7.68. The second kappa shape index (κ2) is 6.27. The smallest absolute Gasteiger partial charge is 0.445 e. The van der Waals surface area contributed by atoms with Gasteiger partial charge in [0, 0.05) is 10.7 Å². The van der Waals surface area contributed by atoms with E-state index in [-0.39, 0.29) is 16.5 Å². The number of benzene rings is 1. The van der Waals surface area contributed by atoms with Crippen LogP contribution in [0.3, 0.4) is 0 Å². The molecule has 1 amide bonds. The van der Waals surface area contributed by atoms with Gasteiger partial charge in [-0.1, -0.05) is 28.0 Å². The normalized spacial score (nSPS) is 11.2. The zero-order valence-electron chi connectivity index (χ0n) is 10.1. The van der Waals surface area contributed by atoms with Crippen molar-refractivity contribution in [2.24, 2.45) is 0 Å². The predicted octanol–water partition coefficient (Wildman–Crippen LogP) is 3.23. The lowest BCUT2D eigenvalue weighted by molar-refractivity contribution is -0.138. The van der Waals surface area contributed by atoms with Gasteiger partial charge >= 0.3 is 6.18 Å². The minimum atomic E-state index is -4.58. The van der Waals surface area contributed by atoms with E-state index >= 15 is 0 Å². The highest BCUT2D eigenvalue weighted by Crippen LogP contribution is 2.33. The Morgan fingerprint density at radius 3 is 2.52 bits per heavy atom. The summed E-state index contributed by atoms with van der Waals surface area (Å²) in [4.78, 5) is 11.5. The van der Waals surface area contributed by atoms with E-state index in [2.05, 4.69) is 15.5 Å². The maximum absolute atomic E-state index is 12.3. The Labute approximate surface area is 125 Å². The van der Waals surface area contributed by atoms with E-state index in [0.717, 1.165) is 0 Å². The number of ether oxygens (including phenoxy) is 1. The first-order valence-electron chi connectivity index (χ1n) is 5.43. The van der Waals surface area contributed by atoms with Gasteiger partial charge in [0.2, 0.25) is 5.01 Å². The number of carbonyl (C=O) groups is 1. The van der Waals surface area contributed by atoms with Crippen LogP contribution in [0.1, 0.15) is 5.01 Å². The molecule has 1 heterocycles. The van der Waals surface area contributed by atoms with Gasteiger partial charge in [-0.25, -0.2) is 0 Å². The van der Waals surface area contributed by atoms with Crippen molar-refractivity contribution in [2.75, 3.05) is 11.9 Å². The van der Waals surface area contributed by atoms with Crippen molar-refractivity contribution < 1.29 is 22.7 Å². The van der Waals surface area contributed by atoms with Gasteiger partial charge < -0.3 is 10.1 Å². The Kier molecular flexibility index (Phi) is 4.63. The average molecular weight is 338 g/mol. The number of nitrogens with one attached hydrogen (secondary N) is 1. The van der Waals surface area contributed by atoms with Crippen LogP contribution in [0.4, 0.5) is 18.9 Å². The summed E-state index contributed by atoms with van der Waals surface area (Å²) < 4.78 is 41.7. The van der Waals surface area contributed by atoms with Crippen LogP contribution in [-0.4, -0.2) is 22.7 Å². The van der Waals surface area contributed by atoms with Crippen molar-refractivity contribution >= 4 is 34.5 Å². The number of nitrogens with zero attached hydrogens (tertiary/aromatic N) is 2. The molecule has 0 bridgehead atoms. The lowest BCUT2D eigenvalue weighted by Crippen LogP contribution is -2.20. The van der Waals surface area contributed by atoms with Crippen molar-refractivity contribution in [1.29, 1.82) is 0 Å². The summed E-state index contributed by atoms with van der Waals surface area (Å²) in [7, 11) is 0. The largest absolute Gasteiger partial charge is 0.459 e. The van der Waals surface area contributed by atoms with E-state index in [0.29, 0.717) is 10.7 Å². The third kappa shape index (κ3) is 4.57. The van der Waals surface area contributed by atoms with E-state index in [1.54, 1.807) is 24.3 Å². The first-order chi connectivity index (χ1) is 9.84. The maximum Gasteiger partial charge on any atom is 0.445 e. The van der Waals surface area contributed by atoms with Crippen molar-refractivity contribution in [3.8, 4) is 5.19 Å². The predicted molar refractivity (Wildman–Crippen MR) is 70.5 cm³/mol. The van der Waals surface area contributed by atoms with E-state index in [1.807, 2.05) is 0 Å². The SMILES string of the molecule is O=C(COc1nnc(C(F)(F)F)s1)Nc1ccc(Cl)cc1. The molecule has 2 rings (SSSR count). The molecule has 0 aliphatic rings. The highest BCUT2D eigenvalue weighted by molar-refractivity contribution is 7.13. The van der Waals surface area contributed by atoms with Crippen LogP contribution >= 0.6 is 22.9 Å². The van der Waals surface area contributed by atoms with Crippen molar-refractivity contribution in [2.45, 2.75) is 6.18 Å². The molecular formula is C11H7ClF3N3O2S. The van der Waals surface area contributed by atoms with Crippen LogP contribution in [0.15, 0.2) is 24.3 Å². The second-order valence-electron chi connectivity index (χ2n) is 3.71. The Bertz CT molecular complexity index is 630. The third-order valence-corrected chi connectivity index (χ3v) is 3.24. The van der Waals surface area contributed by atoms with E-state index in [1.165, 1.54) is 0 Å². The molecule has 0 fully saturated rings. The van der Waals surface area contributed by atoms with Gasteiger partial charge in [0.05, 0.1) is 0 Å². The standard InChI is InChI=1S/C11H7ClF3N3O2S/c12-6-1-3-7(4-2-6)16-8(19)5-20-10-18-17-9(21-10)11(13,14)15/h1-4H,5H2,(H,16,19). The van der Waals surface area contributed by atoms with Crippen LogP contribution in [0.25, 0.3) is 0 Å². The molecule has 0 spiro atoms. The van der Waals surface area contributed by atoms with Gasteiger partial charge in [0.1, 0.15) is 0 Å². The Morgan fingerprint density at radius 1 is 1.29 bits per heavy atom. The second-order valence-corrected chi connectivity index (χ2v) is 5.09. The summed E-state index contributed by atoms with van der Waals surface area (Å²) in [6.45, 7) is -0.477. The Balaban J connectivity index is 1.86. The number of rotatable bonds is 4. The van der Waals surface area contributed by atoms with Crippen LogP contribution in [0.5, 0.6) is 5.19 Å². The van der Waals surface area contributed by atoms with Gasteiger partial charge in [0.25, 0.3) is 11.1 Å². The number of anilines is 1. The molecule has 112 valence electrons. The lowest BCUT2D eigenvalue weighted by atomic mass is 10.3. The van der Waals surface area contributed by atoms with Crippen molar-refractivity contribution in [3.05, 3.63) is 34.3 Å². The van der Waals surface area contributed by atoms with Crippen molar-refractivity contribution in [3.63, 3.8) is 0 Å². The number of hydrogen-bond donors (Lipinski definition) is 1. The molecule has 0 radical (unpaired) electrons. The summed E-state index contributed by atoms with van der Waals surface area (Å²) in [6, 6.07) is 6.32. The van der Waals surface area contributed by atoms with Gasteiger partial charge in [-0.3, -0.25) is 4.79 Å². The van der Waals surface area contributed by atoms with E-state index in [9.17, 15) is 18.0 Å². The van der Waals surface area contributed by atoms with Crippen molar-refractivity contribution in [1.82, 2.24) is 10.2 Å². The van der Waals surface area contributed by atoms with Gasteiger partial charge in [-0.15, -0.1) is 5.10 Å². The first kappa shape index (κ1) is 15.5. The molecule has 21 heavy (non-hydrogen) atoms. The molecule has 0 aliphatic carbocycles. The zero-order valence-corrected chi connectivity index (χ0v) is 11.7. The summed E-state index contributed by atoms with van der Waals surface area (Å²) in [6.07, 6.45) is -4.58. The number of alkyl halides is 3. The van der Waals surface area contributed by atoms with E-state index in [4.69, 9.17) is 16.3 Å². The highest BCUT2D eigenvalue weighted by atomic mass is 35.5. The molecular weight excluding hydrogens is 331 g/mol.